The van der Waals surface area contributed by atoms with E-state index in [4.69, 9.17) is 5.73 Å². The maximum Gasteiger partial charge on any atom is 0.239 e. The molecule has 0 saturated heterocycles. The summed E-state index contributed by atoms with van der Waals surface area (Å²) in [6.07, 6.45) is 4.13. The lowest BCUT2D eigenvalue weighted by Gasteiger charge is -2.11. The minimum absolute atomic E-state index is 0.316. The lowest BCUT2D eigenvalue weighted by Crippen LogP contribution is -2.34. The molecule has 0 aliphatic heterocycles. The highest BCUT2D eigenvalue weighted by atomic mass is 16.1. The molecule has 1 amide bonds. The van der Waals surface area contributed by atoms with E-state index in [9.17, 15) is 4.79 Å². The van der Waals surface area contributed by atoms with Crippen molar-refractivity contribution < 1.29 is 4.79 Å². The zero-order valence-corrected chi connectivity index (χ0v) is 7.82. The summed E-state index contributed by atoms with van der Waals surface area (Å²) in [4.78, 5) is 10.9. The number of primary amides is 1. The van der Waals surface area contributed by atoms with Gasteiger partial charge in [0.1, 0.15) is 6.04 Å². The van der Waals surface area contributed by atoms with Crippen molar-refractivity contribution in [3.8, 4) is 0 Å². The first-order valence-electron chi connectivity index (χ1n) is 4.18. The van der Waals surface area contributed by atoms with Gasteiger partial charge in [-0.25, -0.2) is 0 Å². The fourth-order valence-corrected chi connectivity index (χ4v) is 1.07. The number of nitrogens with one attached hydrogen (secondary N) is 1. The maximum absolute atomic E-state index is 10.9. The van der Waals surface area contributed by atoms with E-state index in [-0.39, 0.29) is 11.9 Å². The number of amides is 1. The zero-order valence-electron chi connectivity index (χ0n) is 7.82. The largest absolute Gasteiger partial charge is 0.371 e. The number of hydrogen-bond donors (Lipinski definition) is 2. The topological polar surface area (TPSA) is 72.9 Å². The van der Waals surface area contributed by atoms with Gasteiger partial charge in [0, 0.05) is 13.2 Å². The van der Waals surface area contributed by atoms with Crippen LogP contribution in [0.1, 0.15) is 13.3 Å². The number of rotatable bonds is 4. The van der Waals surface area contributed by atoms with Crippen molar-refractivity contribution in [1.29, 1.82) is 0 Å². The summed E-state index contributed by atoms with van der Waals surface area (Å²) in [5.41, 5.74) is 5.99. The number of carbonyl (C=O) groups is 1. The van der Waals surface area contributed by atoms with Crippen LogP contribution in [0.4, 0.5) is 5.69 Å². The summed E-state index contributed by atoms with van der Waals surface area (Å²) in [5, 5.41) is 6.96. The monoisotopic (exact) mass is 182 g/mol. The highest BCUT2D eigenvalue weighted by Gasteiger charge is 2.12. The van der Waals surface area contributed by atoms with Crippen LogP contribution in [0.15, 0.2) is 12.4 Å². The van der Waals surface area contributed by atoms with E-state index in [0.717, 1.165) is 5.69 Å². The summed E-state index contributed by atoms with van der Waals surface area (Å²) in [6, 6.07) is -0.316. The van der Waals surface area contributed by atoms with Crippen LogP contribution in [0, 0.1) is 0 Å². The molecule has 1 aromatic heterocycles. The standard InChI is InChI=1S/C8H14N4O/c1-3-7(8(9)13)11-6-4-10-12(2)5-6/h4-5,7,11H,3H2,1-2H3,(H2,9,13). The van der Waals surface area contributed by atoms with Gasteiger partial charge in [0.15, 0.2) is 0 Å². The average Bonchev–Trinajstić information content (AvgIpc) is 2.46. The molecule has 0 bridgehead atoms. The van der Waals surface area contributed by atoms with Crippen molar-refractivity contribution in [3.05, 3.63) is 12.4 Å². The number of aryl methyl sites for hydroxylation is 1. The van der Waals surface area contributed by atoms with Crippen molar-refractivity contribution in [1.82, 2.24) is 9.78 Å². The molecule has 5 heteroatoms. The van der Waals surface area contributed by atoms with E-state index >= 15 is 0 Å². The van der Waals surface area contributed by atoms with Gasteiger partial charge < -0.3 is 11.1 Å². The number of carbonyl (C=O) groups excluding carboxylic acids is 1. The first kappa shape index (κ1) is 9.57. The van der Waals surface area contributed by atoms with Gasteiger partial charge in [-0.3, -0.25) is 9.48 Å². The Balaban J connectivity index is 2.61. The lowest BCUT2D eigenvalue weighted by atomic mass is 10.2. The quantitative estimate of drug-likeness (QED) is 0.693. The molecule has 0 spiro atoms. The summed E-state index contributed by atoms with van der Waals surface area (Å²) in [6.45, 7) is 1.90. The van der Waals surface area contributed by atoms with E-state index < -0.39 is 0 Å². The first-order valence-corrected chi connectivity index (χ1v) is 4.18. The number of hydrogen-bond acceptors (Lipinski definition) is 3. The number of aromatic nitrogens is 2. The Bertz CT molecular complexity index is 294. The van der Waals surface area contributed by atoms with Crippen LogP contribution in [0.2, 0.25) is 0 Å². The number of nitrogens with two attached hydrogens (primary N) is 1. The average molecular weight is 182 g/mol. The van der Waals surface area contributed by atoms with Gasteiger partial charge in [0.25, 0.3) is 0 Å². The van der Waals surface area contributed by atoms with Crippen LogP contribution in [0.3, 0.4) is 0 Å². The Morgan fingerprint density at radius 2 is 2.54 bits per heavy atom. The molecule has 1 aromatic rings. The minimum atomic E-state index is -0.341. The van der Waals surface area contributed by atoms with Crippen LogP contribution in [-0.4, -0.2) is 21.7 Å². The molecular weight excluding hydrogens is 168 g/mol. The molecule has 1 heterocycles. The zero-order chi connectivity index (χ0) is 9.84. The van der Waals surface area contributed by atoms with Crippen LogP contribution in [0.5, 0.6) is 0 Å². The fraction of sp³-hybridized carbons (Fsp3) is 0.500. The molecule has 1 atom stereocenters. The highest BCUT2D eigenvalue weighted by Crippen LogP contribution is 2.06. The van der Waals surface area contributed by atoms with E-state index in [1.807, 2.05) is 14.0 Å². The third-order valence-electron chi connectivity index (χ3n) is 1.80. The number of nitrogens with zero attached hydrogens (tertiary/aromatic N) is 2. The molecule has 5 nitrogen and oxygen atoms in total. The highest BCUT2D eigenvalue weighted by molar-refractivity contribution is 5.82. The van der Waals surface area contributed by atoms with Gasteiger partial charge in [-0.15, -0.1) is 0 Å². The van der Waals surface area contributed by atoms with Crippen molar-refractivity contribution in [2.45, 2.75) is 19.4 Å². The molecule has 3 N–H and O–H groups in total. The lowest BCUT2D eigenvalue weighted by molar-refractivity contribution is -0.118. The molecule has 13 heavy (non-hydrogen) atoms. The fourth-order valence-electron chi connectivity index (χ4n) is 1.07. The first-order chi connectivity index (χ1) is 6.13. The van der Waals surface area contributed by atoms with Crippen LogP contribution < -0.4 is 11.1 Å². The van der Waals surface area contributed by atoms with E-state index in [1.165, 1.54) is 0 Å². The molecule has 1 unspecified atom stereocenters. The van der Waals surface area contributed by atoms with Gasteiger partial charge in [0.2, 0.25) is 5.91 Å². The van der Waals surface area contributed by atoms with Gasteiger partial charge in [-0.1, -0.05) is 6.92 Å². The molecule has 0 fully saturated rings. The Morgan fingerprint density at radius 1 is 1.85 bits per heavy atom. The van der Waals surface area contributed by atoms with Crippen molar-refractivity contribution in [3.63, 3.8) is 0 Å². The molecule has 72 valence electrons. The second kappa shape index (κ2) is 3.93. The van der Waals surface area contributed by atoms with Crippen LogP contribution >= 0.6 is 0 Å². The Hall–Kier alpha value is -1.52. The SMILES string of the molecule is CCC(Nc1cnn(C)c1)C(N)=O. The summed E-state index contributed by atoms with van der Waals surface area (Å²) in [5.74, 6) is -0.341. The molecule has 1 rings (SSSR count). The molecule has 0 aromatic carbocycles. The van der Waals surface area contributed by atoms with Crippen molar-refractivity contribution in [2.24, 2.45) is 12.8 Å². The molecular formula is C8H14N4O. The second-order valence-corrected chi connectivity index (χ2v) is 2.91. The molecule has 0 saturated carbocycles. The Morgan fingerprint density at radius 3 is 2.92 bits per heavy atom. The predicted octanol–water partition coefficient (Wildman–Crippen LogP) is 0.0959. The van der Waals surface area contributed by atoms with Crippen LogP contribution in [-0.2, 0) is 11.8 Å². The van der Waals surface area contributed by atoms with Gasteiger partial charge >= 0.3 is 0 Å². The molecule has 0 aliphatic carbocycles. The third-order valence-corrected chi connectivity index (χ3v) is 1.80. The van der Waals surface area contributed by atoms with Gasteiger partial charge in [-0.05, 0) is 6.42 Å². The summed E-state index contributed by atoms with van der Waals surface area (Å²) < 4.78 is 1.66. The van der Waals surface area contributed by atoms with Gasteiger partial charge in [0.05, 0.1) is 11.9 Å². The number of anilines is 1. The van der Waals surface area contributed by atoms with Gasteiger partial charge in [-0.2, -0.15) is 5.10 Å². The van der Waals surface area contributed by atoms with Crippen LogP contribution in [0.25, 0.3) is 0 Å². The minimum Gasteiger partial charge on any atom is -0.371 e. The summed E-state index contributed by atoms with van der Waals surface area (Å²) in [7, 11) is 1.82. The van der Waals surface area contributed by atoms with E-state index in [1.54, 1.807) is 17.1 Å². The maximum atomic E-state index is 10.9. The van der Waals surface area contributed by atoms with E-state index in [0.29, 0.717) is 6.42 Å². The predicted molar refractivity (Wildman–Crippen MR) is 50.1 cm³/mol. The second-order valence-electron chi connectivity index (χ2n) is 2.91. The smallest absolute Gasteiger partial charge is 0.239 e. The normalized spacial score (nSPS) is 12.5. The van der Waals surface area contributed by atoms with E-state index in [2.05, 4.69) is 10.4 Å². The third kappa shape index (κ3) is 2.47. The Kier molecular flexibility index (Phi) is 2.89. The van der Waals surface area contributed by atoms with Crippen molar-refractivity contribution >= 4 is 11.6 Å². The Labute approximate surface area is 76.9 Å². The summed E-state index contributed by atoms with van der Waals surface area (Å²) >= 11 is 0. The molecule has 0 aliphatic rings. The van der Waals surface area contributed by atoms with Crippen molar-refractivity contribution in [2.75, 3.05) is 5.32 Å². The molecule has 0 radical (unpaired) electrons.